The summed E-state index contributed by atoms with van der Waals surface area (Å²) < 4.78 is 6.00. The number of nitrogens with zero attached hydrogens (tertiary/aromatic N) is 1. The predicted octanol–water partition coefficient (Wildman–Crippen LogP) is 3.30. The Kier molecular flexibility index (Phi) is 3.90. The first-order valence-electron chi connectivity index (χ1n) is 7.30. The van der Waals surface area contributed by atoms with Crippen molar-refractivity contribution in [3.63, 3.8) is 0 Å². The van der Waals surface area contributed by atoms with Crippen LogP contribution in [0.25, 0.3) is 11.0 Å². The van der Waals surface area contributed by atoms with Crippen molar-refractivity contribution in [3.05, 3.63) is 47.2 Å². The number of rotatable bonds is 4. The van der Waals surface area contributed by atoms with Crippen molar-refractivity contribution in [3.8, 4) is 0 Å². The lowest BCUT2D eigenvalue weighted by atomic mass is 10.1. The van der Waals surface area contributed by atoms with Crippen LogP contribution in [0.5, 0.6) is 0 Å². The minimum atomic E-state index is 0.784. The van der Waals surface area contributed by atoms with Gasteiger partial charge in [0.25, 0.3) is 0 Å². The average Bonchev–Trinajstić information content (AvgIpc) is 2.78. The Morgan fingerprint density at radius 3 is 2.95 bits per heavy atom. The molecule has 0 spiro atoms. The van der Waals surface area contributed by atoms with Crippen molar-refractivity contribution >= 4 is 11.0 Å². The molecule has 1 aromatic carbocycles. The summed E-state index contributed by atoms with van der Waals surface area (Å²) in [5.74, 6) is 1.07. The van der Waals surface area contributed by atoms with Crippen LogP contribution in [0.4, 0.5) is 0 Å². The van der Waals surface area contributed by atoms with E-state index in [4.69, 9.17) is 4.42 Å². The van der Waals surface area contributed by atoms with E-state index in [1.807, 2.05) is 13.1 Å². The van der Waals surface area contributed by atoms with Crippen molar-refractivity contribution in [2.45, 2.75) is 26.4 Å². The number of benzene rings is 1. The molecule has 20 heavy (non-hydrogen) atoms. The van der Waals surface area contributed by atoms with Crippen molar-refractivity contribution in [2.24, 2.45) is 0 Å². The minimum absolute atomic E-state index is 0.784. The Balaban J connectivity index is 1.92. The van der Waals surface area contributed by atoms with E-state index in [-0.39, 0.29) is 0 Å². The summed E-state index contributed by atoms with van der Waals surface area (Å²) in [6, 6.07) is 8.34. The van der Waals surface area contributed by atoms with Crippen molar-refractivity contribution in [2.75, 3.05) is 20.1 Å². The number of hydrogen-bond acceptors (Lipinski definition) is 3. The quantitative estimate of drug-likeness (QED) is 0.864. The van der Waals surface area contributed by atoms with Gasteiger partial charge in [-0.3, -0.25) is 4.90 Å². The molecule has 1 aliphatic heterocycles. The van der Waals surface area contributed by atoms with Crippen LogP contribution in [-0.4, -0.2) is 25.0 Å². The highest BCUT2D eigenvalue weighted by molar-refractivity contribution is 5.82. The largest absolute Gasteiger partial charge is 0.459 e. The number of para-hydroxylation sites is 1. The summed E-state index contributed by atoms with van der Waals surface area (Å²) in [7, 11) is 1.96. The Labute approximate surface area is 120 Å². The molecule has 1 N–H and O–H groups in total. The minimum Gasteiger partial charge on any atom is -0.459 e. The third-order valence-corrected chi connectivity index (χ3v) is 3.91. The molecule has 2 aromatic rings. The van der Waals surface area contributed by atoms with Crippen LogP contribution in [0.15, 0.2) is 40.3 Å². The fraction of sp³-hybridized carbons (Fsp3) is 0.412. The van der Waals surface area contributed by atoms with E-state index in [2.05, 4.69) is 41.4 Å². The number of hydrogen-bond donors (Lipinski definition) is 1. The fourth-order valence-corrected chi connectivity index (χ4v) is 2.97. The highest BCUT2D eigenvalue weighted by Crippen LogP contribution is 2.28. The number of nitrogens with one attached hydrogen (secondary N) is 1. The summed E-state index contributed by atoms with van der Waals surface area (Å²) in [4.78, 5) is 2.51. The molecule has 3 heteroatoms. The molecule has 0 bridgehead atoms. The summed E-state index contributed by atoms with van der Waals surface area (Å²) in [6.07, 6.45) is 3.50. The van der Waals surface area contributed by atoms with Crippen molar-refractivity contribution in [1.82, 2.24) is 10.2 Å². The lowest BCUT2D eigenvalue weighted by Gasteiger charge is -2.26. The van der Waals surface area contributed by atoms with Gasteiger partial charge in [0.2, 0.25) is 0 Å². The molecular formula is C17H22N2O. The molecule has 0 amide bonds. The predicted molar refractivity (Wildman–Crippen MR) is 82.6 cm³/mol. The molecule has 1 aromatic heterocycles. The fourth-order valence-electron chi connectivity index (χ4n) is 2.97. The van der Waals surface area contributed by atoms with E-state index >= 15 is 0 Å². The normalized spacial score (nSPS) is 16.6. The van der Waals surface area contributed by atoms with Gasteiger partial charge in [-0.2, -0.15) is 0 Å². The zero-order chi connectivity index (χ0) is 13.9. The first-order valence-corrected chi connectivity index (χ1v) is 7.30. The second kappa shape index (κ2) is 5.81. The lowest BCUT2D eigenvalue weighted by Crippen LogP contribution is -2.29. The van der Waals surface area contributed by atoms with Gasteiger partial charge in [-0.05, 0) is 26.5 Å². The van der Waals surface area contributed by atoms with Gasteiger partial charge in [-0.25, -0.2) is 0 Å². The second-order valence-electron chi connectivity index (χ2n) is 5.58. The topological polar surface area (TPSA) is 28.4 Å². The zero-order valence-electron chi connectivity index (χ0n) is 12.3. The third kappa shape index (κ3) is 2.65. The van der Waals surface area contributed by atoms with Gasteiger partial charge in [0, 0.05) is 30.6 Å². The van der Waals surface area contributed by atoms with Crippen LogP contribution in [0.2, 0.25) is 0 Å². The van der Waals surface area contributed by atoms with Crippen molar-refractivity contribution in [1.29, 1.82) is 0 Å². The summed E-state index contributed by atoms with van der Waals surface area (Å²) in [5.41, 5.74) is 3.81. The maximum atomic E-state index is 6.00. The van der Waals surface area contributed by atoms with E-state index in [0.29, 0.717) is 0 Å². The van der Waals surface area contributed by atoms with Gasteiger partial charge in [0.15, 0.2) is 0 Å². The van der Waals surface area contributed by atoms with Gasteiger partial charge >= 0.3 is 0 Å². The van der Waals surface area contributed by atoms with Crippen LogP contribution >= 0.6 is 0 Å². The van der Waals surface area contributed by atoms with Gasteiger partial charge in [-0.15, -0.1) is 0 Å². The van der Waals surface area contributed by atoms with Gasteiger partial charge in [-0.1, -0.05) is 29.8 Å². The van der Waals surface area contributed by atoms with Crippen molar-refractivity contribution < 1.29 is 4.42 Å². The van der Waals surface area contributed by atoms with E-state index in [9.17, 15) is 0 Å². The lowest BCUT2D eigenvalue weighted by molar-refractivity contribution is 0.280. The van der Waals surface area contributed by atoms with Crippen LogP contribution in [0.1, 0.15) is 24.7 Å². The van der Waals surface area contributed by atoms with E-state index in [1.165, 1.54) is 16.5 Å². The Morgan fingerprint density at radius 1 is 1.30 bits per heavy atom. The standard InChI is InChI=1S/C17H22N2O/c1-13-6-5-9-19(11-13)12-15-14-7-3-4-8-16(14)20-17(15)10-18-2/h3-4,6-8,18H,5,9-12H2,1-2H3. The maximum Gasteiger partial charge on any atom is 0.134 e. The van der Waals surface area contributed by atoms with Crippen LogP contribution < -0.4 is 5.32 Å². The first-order chi connectivity index (χ1) is 9.78. The van der Waals surface area contributed by atoms with Gasteiger partial charge in [0.1, 0.15) is 11.3 Å². The molecule has 3 nitrogen and oxygen atoms in total. The molecule has 0 saturated heterocycles. The molecule has 1 aliphatic rings. The Morgan fingerprint density at radius 2 is 2.15 bits per heavy atom. The van der Waals surface area contributed by atoms with E-state index < -0.39 is 0 Å². The van der Waals surface area contributed by atoms with Gasteiger partial charge in [0.05, 0.1) is 6.54 Å². The second-order valence-corrected chi connectivity index (χ2v) is 5.58. The molecule has 106 valence electrons. The number of furan rings is 1. The zero-order valence-corrected chi connectivity index (χ0v) is 12.3. The smallest absolute Gasteiger partial charge is 0.134 e. The van der Waals surface area contributed by atoms with E-state index in [0.717, 1.165) is 43.9 Å². The Hall–Kier alpha value is -1.58. The van der Waals surface area contributed by atoms with Gasteiger partial charge < -0.3 is 9.73 Å². The average molecular weight is 270 g/mol. The van der Waals surface area contributed by atoms with Crippen LogP contribution in [0.3, 0.4) is 0 Å². The molecule has 0 atom stereocenters. The molecular weight excluding hydrogens is 248 g/mol. The summed E-state index contributed by atoms with van der Waals surface area (Å²) >= 11 is 0. The molecule has 0 unspecified atom stereocenters. The molecule has 0 radical (unpaired) electrons. The van der Waals surface area contributed by atoms with E-state index in [1.54, 1.807) is 0 Å². The number of fused-ring (bicyclic) bond motifs is 1. The SMILES string of the molecule is CNCc1oc2ccccc2c1CN1CCC=C(C)C1. The maximum absolute atomic E-state index is 6.00. The third-order valence-electron chi connectivity index (χ3n) is 3.91. The molecule has 2 heterocycles. The highest BCUT2D eigenvalue weighted by Gasteiger charge is 2.17. The monoisotopic (exact) mass is 270 g/mol. The summed E-state index contributed by atoms with van der Waals surface area (Å²) in [5, 5.41) is 4.46. The van der Waals surface area contributed by atoms with Crippen LogP contribution in [0, 0.1) is 0 Å². The summed E-state index contributed by atoms with van der Waals surface area (Å²) in [6.45, 7) is 6.17. The first kappa shape index (κ1) is 13.4. The Bertz CT molecular complexity index is 627. The molecule has 0 fully saturated rings. The van der Waals surface area contributed by atoms with Crippen LogP contribution in [-0.2, 0) is 13.1 Å². The highest BCUT2D eigenvalue weighted by atomic mass is 16.3. The molecule has 0 saturated carbocycles. The molecule has 3 rings (SSSR count). The molecule has 0 aliphatic carbocycles.